The highest BCUT2D eigenvalue weighted by Crippen LogP contribution is 2.39. The lowest BCUT2D eigenvalue weighted by molar-refractivity contribution is -0.386. The van der Waals surface area contributed by atoms with Crippen molar-refractivity contribution in [3.63, 3.8) is 0 Å². The molecule has 1 unspecified atom stereocenters. The van der Waals surface area contributed by atoms with Crippen LogP contribution in [-0.4, -0.2) is 46.3 Å². The van der Waals surface area contributed by atoms with Crippen LogP contribution in [0.1, 0.15) is 35.8 Å². The largest absolute Gasteiger partial charge is 0.497 e. The number of rotatable bonds is 6. The molecule has 0 N–H and O–H groups in total. The molecule has 1 aromatic carbocycles. The quantitative estimate of drug-likeness (QED) is 0.557. The number of nitro groups is 1. The number of nitrogens with zero attached hydrogens (tertiary/aromatic N) is 4. The summed E-state index contributed by atoms with van der Waals surface area (Å²) in [4.78, 5) is 25.5. The third kappa shape index (κ3) is 3.51. The number of hydrogen-bond donors (Lipinski definition) is 0. The summed E-state index contributed by atoms with van der Waals surface area (Å²) in [6, 6.07) is 5.41. The van der Waals surface area contributed by atoms with Crippen molar-refractivity contribution < 1.29 is 19.2 Å². The van der Waals surface area contributed by atoms with Gasteiger partial charge in [-0.25, -0.2) is 0 Å². The summed E-state index contributed by atoms with van der Waals surface area (Å²) < 4.78 is 12.2. The SMILES string of the molecule is COc1ccc(OC)c(C2CCCN2C(=O)Cn2nc(C)c([N+](=O)[O-])c2C)c1. The number of amides is 1. The number of aryl methyl sites for hydroxylation is 1. The molecule has 1 amide bonds. The van der Waals surface area contributed by atoms with Gasteiger partial charge in [0.15, 0.2) is 0 Å². The van der Waals surface area contributed by atoms with Gasteiger partial charge in [0.25, 0.3) is 0 Å². The van der Waals surface area contributed by atoms with E-state index in [1.54, 1.807) is 33.0 Å². The third-order valence-electron chi connectivity index (χ3n) is 5.18. The van der Waals surface area contributed by atoms with Crippen molar-refractivity contribution in [2.24, 2.45) is 0 Å². The van der Waals surface area contributed by atoms with E-state index >= 15 is 0 Å². The highest BCUT2D eigenvalue weighted by atomic mass is 16.6. The number of hydrogen-bond acceptors (Lipinski definition) is 6. The standard InChI is InChI=1S/C19H24N4O5/c1-12-19(23(25)26)13(2)22(20-12)11-18(24)21-9-5-6-16(21)15-10-14(27-3)7-8-17(15)28-4/h7-8,10,16H,5-6,9,11H2,1-4H3. The van der Waals surface area contributed by atoms with Gasteiger partial charge in [0.05, 0.1) is 25.2 Å². The number of ether oxygens (including phenoxy) is 2. The second-order valence-corrected chi connectivity index (χ2v) is 6.79. The number of methoxy groups -OCH3 is 2. The average Bonchev–Trinajstić information content (AvgIpc) is 3.26. The Morgan fingerprint density at radius 3 is 2.68 bits per heavy atom. The minimum Gasteiger partial charge on any atom is -0.497 e. The van der Waals surface area contributed by atoms with Gasteiger partial charge in [-0.05, 0) is 44.9 Å². The molecule has 28 heavy (non-hydrogen) atoms. The molecule has 9 heteroatoms. The van der Waals surface area contributed by atoms with E-state index < -0.39 is 4.92 Å². The van der Waals surface area contributed by atoms with Crippen LogP contribution in [-0.2, 0) is 11.3 Å². The zero-order valence-corrected chi connectivity index (χ0v) is 16.5. The van der Waals surface area contributed by atoms with Gasteiger partial charge in [-0.3, -0.25) is 19.6 Å². The minimum atomic E-state index is -0.460. The Morgan fingerprint density at radius 2 is 2.07 bits per heavy atom. The Morgan fingerprint density at radius 1 is 1.32 bits per heavy atom. The zero-order valence-electron chi connectivity index (χ0n) is 16.5. The Labute approximate surface area is 163 Å². The molecule has 0 bridgehead atoms. The lowest BCUT2D eigenvalue weighted by Crippen LogP contribution is -2.34. The van der Waals surface area contributed by atoms with Crippen LogP contribution in [0.4, 0.5) is 5.69 Å². The molecule has 1 aliphatic rings. The molecule has 9 nitrogen and oxygen atoms in total. The molecule has 1 atom stereocenters. The molecule has 0 saturated carbocycles. The fourth-order valence-electron chi connectivity index (χ4n) is 3.81. The van der Waals surface area contributed by atoms with Gasteiger partial charge in [0, 0.05) is 12.1 Å². The number of carbonyl (C=O) groups excluding carboxylic acids is 1. The molecule has 0 radical (unpaired) electrons. The molecule has 150 valence electrons. The molecular formula is C19H24N4O5. The summed E-state index contributed by atoms with van der Waals surface area (Å²) in [5, 5.41) is 15.4. The van der Waals surface area contributed by atoms with Crippen LogP contribution >= 0.6 is 0 Å². The number of likely N-dealkylation sites (tertiary alicyclic amines) is 1. The molecule has 3 rings (SSSR count). The van der Waals surface area contributed by atoms with Gasteiger partial charge in [0.2, 0.25) is 5.91 Å². The van der Waals surface area contributed by atoms with Crippen molar-refractivity contribution in [2.45, 2.75) is 39.3 Å². The molecule has 1 saturated heterocycles. The van der Waals surface area contributed by atoms with E-state index in [0.29, 0.717) is 29.4 Å². The van der Waals surface area contributed by atoms with E-state index in [2.05, 4.69) is 5.10 Å². The monoisotopic (exact) mass is 388 g/mol. The average molecular weight is 388 g/mol. The van der Waals surface area contributed by atoms with Crippen molar-refractivity contribution in [3.8, 4) is 11.5 Å². The second-order valence-electron chi connectivity index (χ2n) is 6.79. The van der Waals surface area contributed by atoms with Gasteiger partial charge in [-0.1, -0.05) is 0 Å². The van der Waals surface area contributed by atoms with E-state index in [1.807, 2.05) is 18.2 Å². The predicted octanol–water partition coefficient (Wildman–Crippen LogP) is 2.79. The summed E-state index contributed by atoms with van der Waals surface area (Å²) in [5.41, 5.74) is 1.54. The summed E-state index contributed by atoms with van der Waals surface area (Å²) in [6.07, 6.45) is 1.68. The molecule has 0 aliphatic carbocycles. The lowest BCUT2D eigenvalue weighted by Gasteiger charge is -2.27. The fourth-order valence-corrected chi connectivity index (χ4v) is 3.81. The molecule has 1 aliphatic heterocycles. The van der Waals surface area contributed by atoms with Crippen molar-refractivity contribution in [1.82, 2.24) is 14.7 Å². The predicted molar refractivity (Wildman–Crippen MR) is 102 cm³/mol. The molecule has 0 spiro atoms. The number of aromatic nitrogens is 2. The van der Waals surface area contributed by atoms with Gasteiger partial charge in [-0.15, -0.1) is 0 Å². The van der Waals surface area contributed by atoms with E-state index in [9.17, 15) is 14.9 Å². The third-order valence-corrected chi connectivity index (χ3v) is 5.18. The van der Waals surface area contributed by atoms with E-state index in [-0.39, 0.29) is 24.2 Å². The summed E-state index contributed by atoms with van der Waals surface area (Å²) in [7, 11) is 3.19. The van der Waals surface area contributed by atoms with Crippen LogP contribution in [0.3, 0.4) is 0 Å². The maximum Gasteiger partial charge on any atom is 0.312 e. The maximum atomic E-state index is 13.0. The minimum absolute atomic E-state index is 0.0384. The van der Waals surface area contributed by atoms with Gasteiger partial charge in [0.1, 0.15) is 29.4 Å². The van der Waals surface area contributed by atoms with Crippen LogP contribution in [0.25, 0.3) is 0 Å². The molecule has 2 heterocycles. The summed E-state index contributed by atoms with van der Waals surface area (Å²) in [5.74, 6) is 1.27. The first-order valence-electron chi connectivity index (χ1n) is 9.07. The maximum absolute atomic E-state index is 13.0. The number of benzene rings is 1. The fraction of sp³-hybridized carbons (Fsp3) is 0.474. The highest BCUT2D eigenvalue weighted by Gasteiger charge is 2.33. The van der Waals surface area contributed by atoms with Crippen molar-refractivity contribution in [1.29, 1.82) is 0 Å². The highest BCUT2D eigenvalue weighted by molar-refractivity contribution is 5.77. The van der Waals surface area contributed by atoms with Crippen LogP contribution in [0.15, 0.2) is 18.2 Å². The Hall–Kier alpha value is -3.10. The van der Waals surface area contributed by atoms with Crippen molar-refractivity contribution in [2.75, 3.05) is 20.8 Å². The molecule has 2 aromatic rings. The van der Waals surface area contributed by atoms with E-state index in [4.69, 9.17) is 9.47 Å². The summed E-state index contributed by atoms with van der Waals surface area (Å²) in [6.45, 7) is 3.76. The Bertz CT molecular complexity index is 908. The van der Waals surface area contributed by atoms with Crippen molar-refractivity contribution >= 4 is 11.6 Å². The summed E-state index contributed by atoms with van der Waals surface area (Å²) >= 11 is 0. The second kappa shape index (κ2) is 7.87. The normalized spacial score (nSPS) is 16.3. The Kier molecular flexibility index (Phi) is 5.53. The van der Waals surface area contributed by atoms with Crippen LogP contribution < -0.4 is 9.47 Å². The Balaban J connectivity index is 1.87. The van der Waals surface area contributed by atoms with E-state index in [0.717, 1.165) is 18.4 Å². The zero-order chi connectivity index (χ0) is 20.4. The van der Waals surface area contributed by atoms with E-state index in [1.165, 1.54) is 4.68 Å². The first kappa shape index (κ1) is 19.7. The first-order chi connectivity index (χ1) is 13.4. The lowest BCUT2D eigenvalue weighted by atomic mass is 10.0. The topological polar surface area (TPSA) is 99.7 Å². The van der Waals surface area contributed by atoms with Crippen LogP contribution in [0.5, 0.6) is 11.5 Å². The molecule has 1 fully saturated rings. The smallest absolute Gasteiger partial charge is 0.312 e. The molecule has 1 aromatic heterocycles. The van der Waals surface area contributed by atoms with Gasteiger partial charge < -0.3 is 14.4 Å². The van der Waals surface area contributed by atoms with Gasteiger partial charge >= 0.3 is 5.69 Å². The van der Waals surface area contributed by atoms with Crippen LogP contribution in [0, 0.1) is 24.0 Å². The van der Waals surface area contributed by atoms with Crippen molar-refractivity contribution in [3.05, 3.63) is 45.3 Å². The van der Waals surface area contributed by atoms with Crippen LogP contribution in [0.2, 0.25) is 0 Å². The first-order valence-corrected chi connectivity index (χ1v) is 9.07. The van der Waals surface area contributed by atoms with Gasteiger partial charge in [-0.2, -0.15) is 5.10 Å². The number of carbonyl (C=O) groups is 1. The molecular weight excluding hydrogens is 364 g/mol.